The van der Waals surface area contributed by atoms with Gasteiger partial charge in [0.05, 0.1) is 17.6 Å². The van der Waals surface area contributed by atoms with Crippen LogP contribution in [0.15, 0.2) is 65.6 Å². The first-order valence-corrected chi connectivity index (χ1v) is 13.2. The lowest BCUT2D eigenvalue weighted by Gasteiger charge is -2.38. The summed E-state index contributed by atoms with van der Waals surface area (Å²) < 4.78 is 1.27. The van der Waals surface area contributed by atoms with Crippen molar-refractivity contribution < 1.29 is 9.59 Å². The predicted molar refractivity (Wildman–Crippen MR) is 147 cm³/mol. The molecule has 198 valence electrons. The van der Waals surface area contributed by atoms with Crippen LogP contribution in [0.3, 0.4) is 0 Å². The predicted octanol–water partition coefficient (Wildman–Crippen LogP) is 2.19. The van der Waals surface area contributed by atoms with E-state index in [9.17, 15) is 14.4 Å². The zero-order chi connectivity index (χ0) is 26.6. The van der Waals surface area contributed by atoms with E-state index in [1.807, 2.05) is 35.2 Å². The number of aryl methyl sites for hydroxylation is 1. The van der Waals surface area contributed by atoms with E-state index in [4.69, 9.17) is 11.6 Å². The number of amides is 2. The molecule has 2 aromatic carbocycles. The van der Waals surface area contributed by atoms with E-state index in [-0.39, 0.29) is 5.02 Å². The fraction of sp³-hybridized carbons (Fsp3) is 0.357. The van der Waals surface area contributed by atoms with Gasteiger partial charge in [-0.15, -0.1) is 0 Å². The largest absolute Gasteiger partial charge is 0.365 e. The molecule has 2 saturated heterocycles. The Labute approximate surface area is 226 Å². The van der Waals surface area contributed by atoms with Gasteiger partial charge in [0.2, 0.25) is 0 Å². The summed E-state index contributed by atoms with van der Waals surface area (Å²) in [5.41, 5.74) is 3.32. The lowest BCUT2D eigenvalue weighted by Crippen LogP contribution is -2.56. The van der Waals surface area contributed by atoms with Crippen molar-refractivity contribution in [2.45, 2.75) is 13.5 Å². The van der Waals surface area contributed by atoms with Crippen molar-refractivity contribution in [1.29, 1.82) is 0 Å². The second kappa shape index (κ2) is 11.4. The lowest BCUT2D eigenvalue weighted by molar-refractivity contribution is -0.153. The van der Waals surface area contributed by atoms with Crippen molar-refractivity contribution in [1.82, 2.24) is 24.5 Å². The smallest absolute Gasteiger partial charge is 0.312 e. The molecule has 0 aliphatic carbocycles. The van der Waals surface area contributed by atoms with Crippen LogP contribution in [0.1, 0.15) is 11.1 Å². The highest BCUT2D eigenvalue weighted by Crippen LogP contribution is 2.23. The summed E-state index contributed by atoms with van der Waals surface area (Å²) in [7, 11) is 0. The highest BCUT2D eigenvalue weighted by atomic mass is 35.5. The molecule has 2 fully saturated rings. The molecule has 2 aliphatic heterocycles. The monoisotopic (exact) mass is 534 g/mol. The number of carbonyl (C=O) groups excluding carboxylic acids is 2. The number of nitrogens with zero attached hydrogens (tertiary/aromatic N) is 6. The molecule has 0 radical (unpaired) electrons. The molecule has 5 rings (SSSR count). The van der Waals surface area contributed by atoms with E-state index in [1.54, 1.807) is 28.1 Å². The Kier molecular flexibility index (Phi) is 7.76. The first-order valence-electron chi connectivity index (χ1n) is 12.9. The van der Waals surface area contributed by atoms with E-state index < -0.39 is 17.4 Å². The van der Waals surface area contributed by atoms with Crippen molar-refractivity contribution in [3.05, 3.63) is 87.3 Å². The molecule has 3 aromatic rings. The summed E-state index contributed by atoms with van der Waals surface area (Å²) >= 11 is 6.44. The number of rotatable bonds is 4. The molecule has 38 heavy (non-hydrogen) atoms. The summed E-state index contributed by atoms with van der Waals surface area (Å²) in [6.45, 7) is 7.16. The average Bonchev–Trinajstić information content (AvgIpc) is 2.96. The van der Waals surface area contributed by atoms with Gasteiger partial charge in [0.1, 0.15) is 5.02 Å². The molecule has 0 saturated carbocycles. The van der Waals surface area contributed by atoms with Gasteiger partial charge < -0.3 is 14.7 Å². The molecule has 2 amide bonds. The van der Waals surface area contributed by atoms with Crippen molar-refractivity contribution in [3.8, 4) is 5.69 Å². The average molecular weight is 535 g/mol. The van der Waals surface area contributed by atoms with Gasteiger partial charge in [0.15, 0.2) is 0 Å². The third-order valence-electron chi connectivity index (χ3n) is 7.31. The first kappa shape index (κ1) is 25.9. The Hall–Kier alpha value is -3.69. The van der Waals surface area contributed by atoms with Crippen molar-refractivity contribution in [2.24, 2.45) is 0 Å². The zero-order valence-electron chi connectivity index (χ0n) is 21.4. The van der Waals surface area contributed by atoms with E-state index in [0.29, 0.717) is 50.6 Å². The maximum Gasteiger partial charge on any atom is 0.312 e. The first-order chi connectivity index (χ1) is 18.4. The number of anilines is 1. The van der Waals surface area contributed by atoms with Crippen LogP contribution < -0.4 is 10.5 Å². The maximum absolute atomic E-state index is 13.0. The molecule has 1 aromatic heterocycles. The van der Waals surface area contributed by atoms with Crippen molar-refractivity contribution in [3.63, 3.8) is 0 Å². The van der Waals surface area contributed by atoms with Gasteiger partial charge >= 0.3 is 11.8 Å². The number of aromatic nitrogens is 2. The number of carbonyl (C=O) groups is 2. The van der Waals surface area contributed by atoms with Crippen LogP contribution in [0.4, 0.5) is 5.69 Å². The van der Waals surface area contributed by atoms with Gasteiger partial charge in [-0.05, 0) is 30.2 Å². The molecule has 0 bridgehead atoms. The summed E-state index contributed by atoms with van der Waals surface area (Å²) in [6.07, 6.45) is 1.58. The molecule has 10 heteroatoms. The lowest BCUT2D eigenvalue weighted by atomic mass is 10.1. The highest BCUT2D eigenvalue weighted by Gasteiger charge is 2.32. The number of halogens is 1. The normalized spacial score (nSPS) is 16.5. The van der Waals surface area contributed by atoms with E-state index in [2.05, 4.69) is 29.1 Å². The summed E-state index contributed by atoms with van der Waals surface area (Å²) in [4.78, 5) is 46.3. The molecule has 0 atom stereocenters. The Morgan fingerprint density at radius 2 is 1.39 bits per heavy atom. The van der Waals surface area contributed by atoms with Crippen LogP contribution in [0.5, 0.6) is 0 Å². The Morgan fingerprint density at radius 1 is 0.816 bits per heavy atom. The third kappa shape index (κ3) is 5.44. The standard InChI is InChI=1S/C28H31ClN6O3/c1-21-7-5-6-8-22(21)20-31-11-13-33(14-12-31)27(37)28(38)34-17-15-32(16-18-34)24-19-30-35(26(36)25(24)29)23-9-3-2-4-10-23/h2-10,19H,11-18,20H2,1H3. The molecule has 0 spiro atoms. The number of piperazine rings is 2. The molecular weight excluding hydrogens is 504 g/mol. The number of para-hydroxylation sites is 1. The van der Waals surface area contributed by atoms with Gasteiger partial charge in [0, 0.05) is 58.9 Å². The molecule has 3 heterocycles. The Balaban J connectivity index is 1.14. The highest BCUT2D eigenvalue weighted by molar-refractivity contribution is 6.35. The minimum Gasteiger partial charge on any atom is -0.365 e. The van der Waals surface area contributed by atoms with Crippen LogP contribution in [0.25, 0.3) is 5.69 Å². The van der Waals surface area contributed by atoms with Crippen LogP contribution in [-0.2, 0) is 16.1 Å². The SMILES string of the molecule is Cc1ccccc1CN1CCN(C(=O)C(=O)N2CCN(c3cnn(-c4ccccc4)c(=O)c3Cl)CC2)CC1. The summed E-state index contributed by atoms with van der Waals surface area (Å²) in [5.74, 6) is -0.917. The molecule has 9 nitrogen and oxygen atoms in total. The van der Waals surface area contributed by atoms with Crippen LogP contribution in [-0.4, -0.2) is 88.7 Å². The zero-order valence-corrected chi connectivity index (χ0v) is 22.2. The minimum absolute atomic E-state index is 0.0864. The quantitative estimate of drug-likeness (QED) is 0.477. The number of hydrogen-bond donors (Lipinski definition) is 0. The van der Waals surface area contributed by atoms with Crippen LogP contribution >= 0.6 is 11.6 Å². The molecule has 0 N–H and O–H groups in total. The molecule has 2 aliphatic rings. The molecular formula is C28H31ClN6O3. The number of hydrogen-bond acceptors (Lipinski definition) is 6. The Bertz CT molecular complexity index is 1360. The molecule has 0 unspecified atom stereocenters. The van der Waals surface area contributed by atoms with E-state index in [1.165, 1.54) is 15.8 Å². The van der Waals surface area contributed by atoms with Crippen LogP contribution in [0, 0.1) is 6.92 Å². The van der Waals surface area contributed by atoms with Gasteiger partial charge in [-0.25, -0.2) is 0 Å². The van der Waals surface area contributed by atoms with E-state index >= 15 is 0 Å². The van der Waals surface area contributed by atoms with Crippen LogP contribution in [0.2, 0.25) is 5.02 Å². The minimum atomic E-state index is -0.472. The second-order valence-corrected chi connectivity index (χ2v) is 10.0. The maximum atomic E-state index is 13.0. The number of benzene rings is 2. The van der Waals surface area contributed by atoms with Gasteiger partial charge in [-0.3, -0.25) is 19.3 Å². The fourth-order valence-electron chi connectivity index (χ4n) is 4.96. The summed E-state index contributed by atoms with van der Waals surface area (Å²) in [6, 6.07) is 17.4. The van der Waals surface area contributed by atoms with Gasteiger partial charge in [0.25, 0.3) is 5.56 Å². The van der Waals surface area contributed by atoms with Crippen molar-refractivity contribution in [2.75, 3.05) is 57.3 Å². The van der Waals surface area contributed by atoms with Gasteiger partial charge in [-0.1, -0.05) is 54.1 Å². The van der Waals surface area contributed by atoms with Gasteiger partial charge in [-0.2, -0.15) is 9.78 Å². The topological polar surface area (TPSA) is 82.0 Å². The summed E-state index contributed by atoms with van der Waals surface area (Å²) in [5, 5.41) is 4.38. The van der Waals surface area contributed by atoms with Crippen molar-refractivity contribution >= 4 is 29.1 Å². The Morgan fingerprint density at radius 3 is 2.03 bits per heavy atom. The fourth-order valence-corrected chi connectivity index (χ4v) is 5.20. The third-order valence-corrected chi connectivity index (χ3v) is 7.66. The second-order valence-electron chi connectivity index (χ2n) is 9.67. The van der Waals surface area contributed by atoms with E-state index in [0.717, 1.165) is 19.6 Å².